The van der Waals surface area contributed by atoms with Crippen molar-refractivity contribution in [2.75, 3.05) is 26.7 Å². The molecule has 0 bridgehead atoms. The third-order valence-corrected chi connectivity index (χ3v) is 5.78. The maximum atomic E-state index is 13.2. The van der Waals surface area contributed by atoms with Crippen LogP contribution in [0.1, 0.15) is 29.8 Å². The second-order valence-corrected chi connectivity index (χ2v) is 8.87. The Morgan fingerprint density at radius 3 is 2.77 bits per heavy atom. The number of pyridine rings is 1. The SMILES string of the molecule is C[C@H](CO)N1C[C@H](C)[C@H](CN(C)Cc2ccc(F)cc2)Oc2ncc(Br)cc2C1=O. The van der Waals surface area contributed by atoms with Crippen LogP contribution in [0.25, 0.3) is 0 Å². The minimum atomic E-state index is -0.317. The summed E-state index contributed by atoms with van der Waals surface area (Å²) in [6.07, 6.45) is 1.39. The summed E-state index contributed by atoms with van der Waals surface area (Å²) in [6, 6.07) is 7.84. The number of hydrogen-bond acceptors (Lipinski definition) is 5. The molecule has 2 aromatic rings. The van der Waals surface area contributed by atoms with E-state index >= 15 is 0 Å². The number of hydrogen-bond donors (Lipinski definition) is 1. The van der Waals surface area contributed by atoms with Crippen molar-refractivity contribution < 1.29 is 19.0 Å². The predicted molar refractivity (Wildman–Crippen MR) is 116 cm³/mol. The van der Waals surface area contributed by atoms with E-state index in [2.05, 4.69) is 25.8 Å². The first-order chi connectivity index (χ1) is 14.3. The third-order valence-electron chi connectivity index (χ3n) is 5.35. The van der Waals surface area contributed by atoms with Gasteiger partial charge in [-0.15, -0.1) is 0 Å². The van der Waals surface area contributed by atoms with Crippen molar-refractivity contribution in [3.05, 3.63) is 57.9 Å². The average molecular weight is 480 g/mol. The van der Waals surface area contributed by atoms with Crippen molar-refractivity contribution in [1.29, 1.82) is 0 Å². The zero-order valence-corrected chi connectivity index (χ0v) is 19.0. The maximum absolute atomic E-state index is 13.2. The number of fused-ring (bicyclic) bond motifs is 1. The number of aromatic nitrogens is 1. The Balaban J connectivity index is 1.84. The minimum absolute atomic E-state index is 0.0113. The van der Waals surface area contributed by atoms with E-state index in [4.69, 9.17) is 4.74 Å². The average Bonchev–Trinajstić information content (AvgIpc) is 2.72. The van der Waals surface area contributed by atoms with Crippen LogP contribution in [-0.2, 0) is 6.54 Å². The fourth-order valence-electron chi connectivity index (χ4n) is 3.57. The van der Waals surface area contributed by atoms with Gasteiger partial charge in [0.1, 0.15) is 17.5 Å². The van der Waals surface area contributed by atoms with Gasteiger partial charge in [-0.1, -0.05) is 19.1 Å². The summed E-state index contributed by atoms with van der Waals surface area (Å²) in [5, 5.41) is 9.67. The molecule has 0 spiro atoms. The van der Waals surface area contributed by atoms with E-state index in [0.29, 0.717) is 35.6 Å². The molecule has 1 aliphatic heterocycles. The molecule has 0 saturated carbocycles. The van der Waals surface area contributed by atoms with Crippen molar-refractivity contribution in [2.24, 2.45) is 5.92 Å². The molecular weight excluding hydrogens is 453 g/mol. The van der Waals surface area contributed by atoms with Crippen LogP contribution in [-0.4, -0.2) is 64.7 Å². The summed E-state index contributed by atoms with van der Waals surface area (Å²) >= 11 is 3.37. The molecule has 162 valence electrons. The summed E-state index contributed by atoms with van der Waals surface area (Å²) in [5.41, 5.74) is 1.38. The Morgan fingerprint density at radius 1 is 1.40 bits per heavy atom. The first-order valence-corrected chi connectivity index (χ1v) is 10.7. The van der Waals surface area contributed by atoms with Crippen LogP contribution < -0.4 is 4.74 Å². The molecule has 3 rings (SSSR count). The molecule has 2 heterocycles. The lowest BCUT2D eigenvalue weighted by molar-refractivity contribution is 0.0325. The van der Waals surface area contributed by atoms with Gasteiger partial charge >= 0.3 is 0 Å². The Morgan fingerprint density at radius 2 is 2.10 bits per heavy atom. The van der Waals surface area contributed by atoms with Gasteiger partial charge < -0.3 is 14.7 Å². The van der Waals surface area contributed by atoms with E-state index in [-0.39, 0.29) is 36.4 Å². The molecule has 0 aliphatic carbocycles. The summed E-state index contributed by atoms with van der Waals surface area (Å²) in [5.74, 6) is -0.150. The number of nitrogens with zero attached hydrogens (tertiary/aromatic N) is 3. The van der Waals surface area contributed by atoms with Gasteiger partial charge in [0.05, 0.1) is 12.6 Å². The highest BCUT2D eigenvalue weighted by Gasteiger charge is 2.34. The fraction of sp³-hybridized carbons (Fsp3) is 0.455. The van der Waals surface area contributed by atoms with Crippen LogP contribution in [0.3, 0.4) is 0 Å². The largest absolute Gasteiger partial charge is 0.472 e. The van der Waals surface area contributed by atoms with Gasteiger partial charge in [0.15, 0.2) is 0 Å². The lowest BCUT2D eigenvalue weighted by atomic mass is 10.00. The van der Waals surface area contributed by atoms with Crippen LogP contribution >= 0.6 is 15.9 Å². The second kappa shape index (κ2) is 9.85. The van der Waals surface area contributed by atoms with E-state index in [0.717, 1.165) is 5.56 Å². The molecule has 0 unspecified atom stereocenters. The number of amides is 1. The van der Waals surface area contributed by atoms with Crippen molar-refractivity contribution in [2.45, 2.75) is 32.5 Å². The Labute approximate surface area is 184 Å². The molecule has 6 nitrogen and oxygen atoms in total. The summed E-state index contributed by atoms with van der Waals surface area (Å²) in [6.45, 7) is 5.44. The standard InChI is InChI=1S/C22H27BrFN3O3/c1-14-10-27(15(2)13-28)22(29)19-8-17(23)9-25-21(19)30-20(14)12-26(3)11-16-4-6-18(24)7-5-16/h4-9,14-15,20,28H,10-13H2,1-3H3/t14-,15+,20-/m0/s1. The Kier molecular flexibility index (Phi) is 7.44. The first-order valence-electron chi connectivity index (χ1n) is 9.95. The van der Waals surface area contributed by atoms with Crippen molar-refractivity contribution in [3.8, 4) is 5.88 Å². The van der Waals surface area contributed by atoms with Crippen molar-refractivity contribution in [1.82, 2.24) is 14.8 Å². The van der Waals surface area contributed by atoms with Gasteiger partial charge in [-0.05, 0) is 53.7 Å². The van der Waals surface area contributed by atoms with Gasteiger partial charge in [-0.3, -0.25) is 9.69 Å². The lowest BCUT2D eigenvalue weighted by Crippen LogP contribution is -2.49. The third kappa shape index (κ3) is 5.36. The van der Waals surface area contributed by atoms with Crippen LogP contribution in [0.5, 0.6) is 5.88 Å². The smallest absolute Gasteiger partial charge is 0.259 e. The molecule has 1 aromatic heterocycles. The monoisotopic (exact) mass is 479 g/mol. The van der Waals surface area contributed by atoms with Gasteiger partial charge in [0, 0.05) is 36.2 Å². The molecule has 1 aromatic carbocycles. The van der Waals surface area contributed by atoms with Gasteiger partial charge in [-0.2, -0.15) is 0 Å². The lowest BCUT2D eigenvalue weighted by Gasteiger charge is -2.37. The highest BCUT2D eigenvalue weighted by atomic mass is 79.9. The van der Waals surface area contributed by atoms with Gasteiger partial charge in [0.2, 0.25) is 5.88 Å². The normalized spacial score (nSPS) is 20.4. The van der Waals surface area contributed by atoms with E-state index < -0.39 is 0 Å². The van der Waals surface area contributed by atoms with Crippen LogP contribution in [0, 0.1) is 11.7 Å². The van der Waals surface area contributed by atoms with Crippen LogP contribution in [0.4, 0.5) is 4.39 Å². The van der Waals surface area contributed by atoms with Crippen molar-refractivity contribution in [3.63, 3.8) is 0 Å². The van der Waals surface area contributed by atoms with Gasteiger partial charge in [0.25, 0.3) is 5.91 Å². The Hall–Kier alpha value is -2.03. The van der Waals surface area contributed by atoms with Crippen molar-refractivity contribution >= 4 is 21.8 Å². The number of carbonyl (C=O) groups excluding carboxylic acids is 1. The predicted octanol–water partition coefficient (Wildman–Crippen LogP) is 3.34. The molecule has 30 heavy (non-hydrogen) atoms. The maximum Gasteiger partial charge on any atom is 0.259 e. The van der Waals surface area contributed by atoms with E-state index in [1.165, 1.54) is 12.1 Å². The summed E-state index contributed by atoms with van der Waals surface area (Å²) in [4.78, 5) is 21.2. The highest BCUT2D eigenvalue weighted by molar-refractivity contribution is 9.10. The number of aliphatic hydroxyl groups is 1. The summed E-state index contributed by atoms with van der Waals surface area (Å²) < 4.78 is 20.1. The molecule has 3 atom stereocenters. The molecule has 0 radical (unpaired) electrons. The quantitative estimate of drug-likeness (QED) is 0.688. The molecular formula is C22H27BrFN3O3. The van der Waals surface area contributed by atoms with E-state index in [1.807, 2.05) is 20.9 Å². The minimum Gasteiger partial charge on any atom is -0.472 e. The number of ether oxygens (including phenoxy) is 1. The topological polar surface area (TPSA) is 65.9 Å². The van der Waals surface area contributed by atoms with Crippen LogP contribution in [0.2, 0.25) is 0 Å². The second-order valence-electron chi connectivity index (χ2n) is 7.95. The molecule has 1 N–H and O–H groups in total. The van der Waals surface area contributed by atoms with Crippen LogP contribution in [0.15, 0.2) is 41.0 Å². The molecule has 0 fully saturated rings. The number of halogens is 2. The highest BCUT2D eigenvalue weighted by Crippen LogP contribution is 2.28. The number of benzene rings is 1. The number of carbonyl (C=O) groups is 1. The molecule has 1 aliphatic rings. The number of likely N-dealkylation sites (N-methyl/N-ethyl adjacent to an activating group) is 1. The Bertz CT molecular complexity index is 880. The fourth-order valence-corrected chi connectivity index (χ4v) is 3.90. The number of rotatable bonds is 6. The molecule has 0 saturated heterocycles. The number of aliphatic hydroxyl groups excluding tert-OH is 1. The van der Waals surface area contributed by atoms with E-state index in [9.17, 15) is 14.3 Å². The van der Waals surface area contributed by atoms with E-state index in [1.54, 1.807) is 29.3 Å². The molecule has 8 heteroatoms. The zero-order chi connectivity index (χ0) is 21.8. The summed E-state index contributed by atoms with van der Waals surface area (Å²) in [7, 11) is 1.98. The zero-order valence-electron chi connectivity index (χ0n) is 17.4. The molecule has 1 amide bonds. The first kappa shape index (κ1) is 22.7. The van der Waals surface area contributed by atoms with Gasteiger partial charge in [-0.25, -0.2) is 9.37 Å².